The first-order chi connectivity index (χ1) is 14.2. The van der Waals surface area contributed by atoms with Gasteiger partial charge < -0.3 is 5.32 Å². The molecule has 0 aliphatic carbocycles. The van der Waals surface area contributed by atoms with Gasteiger partial charge in [0.25, 0.3) is 5.91 Å². The fourth-order valence-corrected chi connectivity index (χ4v) is 3.84. The summed E-state index contributed by atoms with van der Waals surface area (Å²) in [5.41, 5.74) is 3.37. The average Bonchev–Trinajstić information content (AvgIpc) is 3.30. The Bertz CT molecular complexity index is 953. The normalized spacial score (nSPS) is 15.2. The highest BCUT2D eigenvalue weighted by atomic mass is 19.1. The lowest BCUT2D eigenvalue weighted by Crippen LogP contribution is -2.36. The average molecular weight is 389 g/mol. The number of nitrogens with zero attached hydrogens (tertiary/aromatic N) is 2. The number of hydrogen-bond donors (Lipinski definition) is 1. The second-order valence-corrected chi connectivity index (χ2v) is 7.32. The minimum Gasteiger partial charge on any atom is -0.350 e. The van der Waals surface area contributed by atoms with Crippen molar-refractivity contribution in [2.45, 2.75) is 18.9 Å². The third kappa shape index (κ3) is 4.69. The van der Waals surface area contributed by atoms with Gasteiger partial charge in [-0.15, -0.1) is 0 Å². The topological polar surface area (TPSA) is 45.2 Å². The Morgan fingerprint density at radius 1 is 1.03 bits per heavy atom. The van der Waals surface area contributed by atoms with E-state index >= 15 is 0 Å². The monoisotopic (exact) mass is 389 g/mol. The number of likely N-dealkylation sites (tertiary alicyclic amines) is 1. The van der Waals surface area contributed by atoms with Crippen LogP contribution in [0.25, 0.3) is 11.3 Å². The summed E-state index contributed by atoms with van der Waals surface area (Å²) in [6, 6.07) is 19.8. The van der Waals surface area contributed by atoms with Crippen molar-refractivity contribution < 1.29 is 9.18 Å². The van der Waals surface area contributed by atoms with Gasteiger partial charge in [0.05, 0.1) is 11.7 Å². The Kier molecular flexibility index (Phi) is 5.96. The summed E-state index contributed by atoms with van der Waals surface area (Å²) in [5.74, 6) is -0.363. The molecule has 0 bridgehead atoms. The predicted octanol–water partition coefficient (Wildman–Crippen LogP) is 4.45. The Balaban J connectivity index is 1.49. The Labute approximate surface area is 170 Å². The molecular formula is C24H24FN3O. The van der Waals surface area contributed by atoms with E-state index in [0.717, 1.165) is 42.8 Å². The van der Waals surface area contributed by atoms with Gasteiger partial charge in [-0.25, -0.2) is 4.39 Å². The number of carbonyl (C=O) groups excluding carboxylic acids is 1. The van der Waals surface area contributed by atoms with E-state index in [0.29, 0.717) is 12.1 Å². The van der Waals surface area contributed by atoms with E-state index in [-0.39, 0.29) is 17.8 Å². The van der Waals surface area contributed by atoms with Crippen molar-refractivity contribution in [3.05, 3.63) is 89.9 Å². The van der Waals surface area contributed by atoms with E-state index < -0.39 is 0 Å². The molecule has 0 saturated carbocycles. The summed E-state index contributed by atoms with van der Waals surface area (Å²) < 4.78 is 13.4. The summed E-state index contributed by atoms with van der Waals surface area (Å²) in [7, 11) is 0. The van der Waals surface area contributed by atoms with E-state index in [9.17, 15) is 9.18 Å². The van der Waals surface area contributed by atoms with Crippen LogP contribution in [0, 0.1) is 5.82 Å². The molecule has 1 amide bonds. The maximum Gasteiger partial charge on any atom is 0.251 e. The standard InChI is InChI=1S/C24H24FN3O/c25-21-11-9-18(10-12-21)23(28-14-3-4-15-28)17-27-24(29)20-7-5-6-19(16-20)22-8-1-2-13-26-22/h1-2,5-13,16,23H,3-4,14-15,17H2,(H,27,29). The molecule has 1 fully saturated rings. The fraction of sp³-hybridized carbons (Fsp3) is 0.250. The number of benzene rings is 2. The number of amides is 1. The van der Waals surface area contributed by atoms with Crippen LogP contribution < -0.4 is 5.32 Å². The molecule has 1 atom stereocenters. The first kappa shape index (κ1) is 19.3. The first-order valence-corrected chi connectivity index (χ1v) is 10.00. The number of aromatic nitrogens is 1. The van der Waals surface area contributed by atoms with E-state index in [4.69, 9.17) is 0 Å². The fourth-order valence-electron chi connectivity index (χ4n) is 3.84. The van der Waals surface area contributed by atoms with Gasteiger partial charge in [-0.3, -0.25) is 14.7 Å². The molecule has 2 heterocycles. The van der Waals surface area contributed by atoms with Gasteiger partial charge in [-0.2, -0.15) is 0 Å². The molecule has 4 nitrogen and oxygen atoms in total. The maximum atomic E-state index is 13.4. The largest absolute Gasteiger partial charge is 0.350 e. The van der Waals surface area contributed by atoms with Crippen molar-refractivity contribution in [1.82, 2.24) is 15.2 Å². The summed E-state index contributed by atoms with van der Waals surface area (Å²) in [6.45, 7) is 2.47. The van der Waals surface area contributed by atoms with Crippen molar-refractivity contribution in [3.63, 3.8) is 0 Å². The molecule has 4 rings (SSSR count). The summed E-state index contributed by atoms with van der Waals surface area (Å²) >= 11 is 0. The van der Waals surface area contributed by atoms with Crippen LogP contribution in [0.4, 0.5) is 4.39 Å². The van der Waals surface area contributed by atoms with Gasteiger partial charge in [-0.05, 0) is 67.9 Å². The number of carbonyl (C=O) groups is 1. The number of halogens is 1. The van der Waals surface area contributed by atoms with Crippen LogP contribution in [-0.4, -0.2) is 35.4 Å². The van der Waals surface area contributed by atoms with E-state index in [1.165, 1.54) is 12.1 Å². The smallest absolute Gasteiger partial charge is 0.251 e. The number of pyridine rings is 1. The zero-order chi connectivity index (χ0) is 20.1. The van der Waals surface area contributed by atoms with E-state index in [1.807, 2.05) is 54.6 Å². The van der Waals surface area contributed by atoms with Crippen molar-refractivity contribution in [3.8, 4) is 11.3 Å². The van der Waals surface area contributed by atoms with Crippen LogP contribution in [0.15, 0.2) is 72.9 Å². The molecule has 5 heteroatoms. The molecule has 148 valence electrons. The Morgan fingerprint density at radius 3 is 2.55 bits per heavy atom. The molecule has 1 aliphatic rings. The zero-order valence-corrected chi connectivity index (χ0v) is 16.2. The number of nitrogens with one attached hydrogen (secondary N) is 1. The van der Waals surface area contributed by atoms with Gasteiger partial charge in [0.15, 0.2) is 0 Å². The van der Waals surface area contributed by atoms with Gasteiger partial charge >= 0.3 is 0 Å². The molecule has 3 aromatic rings. The lowest BCUT2D eigenvalue weighted by Gasteiger charge is -2.28. The lowest BCUT2D eigenvalue weighted by molar-refractivity contribution is 0.0938. The third-order valence-electron chi connectivity index (χ3n) is 5.38. The highest BCUT2D eigenvalue weighted by molar-refractivity contribution is 5.95. The summed E-state index contributed by atoms with van der Waals surface area (Å²) in [5, 5.41) is 3.07. The molecular weight excluding hydrogens is 365 g/mol. The van der Waals surface area contributed by atoms with Gasteiger partial charge in [-0.1, -0.05) is 30.3 Å². The zero-order valence-electron chi connectivity index (χ0n) is 16.2. The van der Waals surface area contributed by atoms with Crippen molar-refractivity contribution in [1.29, 1.82) is 0 Å². The minimum absolute atomic E-state index is 0.0426. The van der Waals surface area contributed by atoms with E-state index in [2.05, 4.69) is 15.2 Å². The Morgan fingerprint density at radius 2 is 1.83 bits per heavy atom. The molecule has 1 aliphatic heterocycles. The van der Waals surface area contributed by atoms with Crippen LogP contribution in [0.3, 0.4) is 0 Å². The SMILES string of the molecule is O=C(NCC(c1ccc(F)cc1)N1CCCC1)c1cccc(-c2ccccn2)c1. The number of hydrogen-bond acceptors (Lipinski definition) is 3. The van der Waals surface area contributed by atoms with Crippen LogP contribution in [-0.2, 0) is 0 Å². The molecule has 1 aromatic heterocycles. The van der Waals surface area contributed by atoms with Crippen LogP contribution in [0.5, 0.6) is 0 Å². The van der Waals surface area contributed by atoms with Gasteiger partial charge in [0.1, 0.15) is 5.82 Å². The molecule has 0 radical (unpaired) electrons. The molecule has 0 spiro atoms. The molecule has 1 N–H and O–H groups in total. The lowest BCUT2D eigenvalue weighted by atomic mass is 10.0. The highest BCUT2D eigenvalue weighted by Gasteiger charge is 2.24. The predicted molar refractivity (Wildman–Crippen MR) is 112 cm³/mol. The summed E-state index contributed by atoms with van der Waals surface area (Å²) in [6.07, 6.45) is 4.04. The van der Waals surface area contributed by atoms with Crippen LogP contribution in [0.1, 0.15) is 34.8 Å². The molecule has 1 unspecified atom stereocenters. The highest BCUT2D eigenvalue weighted by Crippen LogP contribution is 2.25. The van der Waals surface area contributed by atoms with Crippen molar-refractivity contribution in [2.24, 2.45) is 0 Å². The second kappa shape index (κ2) is 8.97. The van der Waals surface area contributed by atoms with Crippen molar-refractivity contribution >= 4 is 5.91 Å². The number of rotatable bonds is 6. The van der Waals surface area contributed by atoms with Crippen LogP contribution in [0.2, 0.25) is 0 Å². The van der Waals surface area contributed by atoms with Gasteiger partial charge in [0, 0.05) is 23.9 Å². The quantitative estimate of drug-likeness (QED) is 0.677. The second-order valence-electron chi connectivity index (χ2n) is 7.32. The van der Waals surface area contributed by atoms with Crippen LogP contribution >= 0.6 is 0 Å². The van der Waals surface area contributed by atoms with Gasteiger partial charge in [0.2, 0.25) is 0 Å². The maximum absolute atomic E-state index is 13.4. The summed E-state index contributed by atoms with van der Waals surface area (Å²) in [4.78, 5) is 19.5. The van der Waals surface area contributed by atoms with E-state index in [1.54, 1.807) is 6.20 Å². The first-order valence-electron chi connectivity index (χ1n) is 10.00. The molecule has 2 aromatic carbocycles. The Hall–Kier alpha value is -3.05. The third-order valence-corrected chi connectivity index (χ3v) is 5.38. The molecule has 1 saturated heterocycles. The molecule has 29 heavy (non-hydrogen) atoms. The van der Waals surface area contributed by atoms with Crippen molar-refractivity contribution in [2.75, 3.05) is 19.6 Å². The minimum atomic E-state index is -0.246.